The van der Waals surface area contributed by atoms with Crippen molar-refractivity contribution in [3.8, 4) is 5.75 Å². The fourth-order valence-electron chi connectivity index (χ4n) is 1.77. The van der Waals surface area contributed by atoms with E-state index in [1.54, 1.807) is 12.3 Å². The molecule has 0 aliphatic heterocycles. The number of hydrogen-bond donors (Lipinski definition) is 4. The molecular weight excluding hydrogens is 244 g/mol. The first-order chi connectivity index (χ1) is 7.99. The molecule has 5 N–H and O–H groups in total. The minimum absolute atomic E-state index is 0.0151. The van der Waals surface area contributed by atoms with E-state index in [9.17, 15) is 9.90 Å². The van der Waals surface area contributed by atoms with Crippen molar-refractivity contribution in [3.63, 3.8) is 0 Å². The lowest BCUT2D eigenvalue weighted by Gasteiger charge is -2.05. The molecule has 5 nitrogen and oxygen atoms in total. The second-order valence-corrected chi connectivity index (χ2v) is 4.25. The molecule has 0 saturated carbocycles. The minimum atomic E-state index is -1.08. The maximum atomic E-state index is 10.7. The lowest BCUT2D eigenvalue weighted by atomic mass is 10.1. The number of nitrogens with two attached hydrogens (primary N) is 1. The van der Waals surface area contributed by atoms with E-state index in [1.807, 2.05) is 0 Å². The normalized spacial score (nSPS) is 12.8. The van der Waals surface area contributed by atoms with Crippen molar-refractivity contribution >= 4 is 28.5 Å². The number of aromatic hydroxyl groups is 1. The van der Waals surface area contributed by atoms with E-state index in [4.69, 9.17) is 22.4 Å². The Bertz CT molecular complexity index is 579. The van der Waals surface area contributed by atoms with Gasteiger partial charge in [-0.1, -0.05) is 11.6 Å². The second-order valence-electron chi connectivity index (χ2n) is 3.81. The minimum Gasteiger partial charge on any atom is -0.507 e. The van der Waals surface area contributed by atoms with Crippen LogP contribution in [0.4, 0.5) is 0 Å². The van der Waals surface area contributed by atoms with Crippen LogP contribution < -0.4 is 5.73 Å². The number of aliphatic carboxylic acids is 1. The first-order valence-electron chi connectivity index (χ1n) is 4.96. The van der Waals surface area contributed by atoms with Gasteiger partial charge in [-0.25, -0.2) is 0 Å². The number of nitrogens with one attached hydrogen (secondary N) is 1. The van der Waals surface area contributed by atoms with Gasteiger partial charge in [-0.2, -0.15) is 0 Å². The molecule has 0 aliphatic carbocycles. The molecule has 17 heavy (non-hydrogen) atoms. The van der Waals surface area contributed by atoms with Crippen LogP contribution in [0.2, 0.25) is 5.02 Å². The summed E-state index contributed by atoms with van der Waals surface area (Å²) >= 11 is 5.79. The number of halogens is 1. The predicted molar refractivity (Wildman–Crippen MR) is 64.3 cm³/mol. The van der Waals surface area contributed by atoms with E-state index in [-0.39, 0.29) is 12.2 Å². The maximum Gasteiger partial charge on any atom is 0.320 e. The number of phenolic OH excluding ortho intramolecular Hbond substituents is 1. The zero-order valence-corrected chi connectivity index (χ0v) is 9.53. The lowest BCUT2D eigenvalue weighted by Crippen LogP contribution is -2.32. The van der Waals surface area contributed by atoms with Gasteiger partial charge in [-0.3, -0.25) is 4.79 Å². The van der Waals surface area contributed by atoms with Gasteiger partial charge in [-0.15, -0.1) is 0 Å². The molecule has 0 unspecified atom stereocenters. The van der Waals surface area contributed by atoms with Gasteiger partial charge in [-0.05, 0) is 17.7 Å². The molecule has 1 aromatic carbocycles. The number of benzene rings is 1. The summed E-state index contributed by atoms with van der Waals surface area (Å²) in [6.07, 6.45) is 1.77. The summed E-state index contributed by atoms with van der Waals surface area (Å²) in [4.78, 5) is 13.6. The Kier molecular flexibility index (Phi) is 2.95. The number of hydrogen-bond acceptors (Lipinski definition) is 3. The van der Waals surface area contributed by atoms with Gasteiger partial charge >= 0.3 is 5.97 Å². The largest absolute Gasteiger partial charge is 0.507 e. The molecule has 0 fully saturated rings. The number of aromatic amines is 1. The highest BCUT2D eigenvalue weighted by atomic mass is 35.5. The summed E-state index contributed by atoms with van der Waals surface area (Å²) < 4.78 is 0. The van der Waals surface area contributed by atoms with Crippen molar-refractivity contribution in [1.82, 2.24) is 4.98 Å². The zero-order valence-electron chi connectivity index (χ0n) is 8.77. The summed E-state index contributed by atoms with van der Waals surface area (Å²) in [7, 11) is 0. The summed E-state index contributed by atoms with van der Waals surface area (Å²) in [6.45, 7) is 0. The van der Waals surface area contributed by atoms with Crippen LogP contribution in [0, 0.1) is 0 Å². The third-order valence-electron chi connectivity index (χ3n) is 2.56. The first kappa shape index (κ1) is 11.8. The molecule has 1 atom stereocenters. The Morgan fingerprint density at radius 2 is 2.24 bits per heavy atom. The van der Waals surface area contributed by atoms with Crippen molar-refractivity contribution in [1.29, 1.82) is 0 Å². The van der Waals surface area contributed by atoms with Crippen molar-refractivity contribution in [2.24, 2.45) is 5.73 Å². The number of fused-ring (bicyclic) bond motifs is 1. The standard InChI is InChI=1S/C11H11ClN2O3/c12-6-2-8-10(9(15)3-6)5(4-14-8)1-7(13)11(16)17/h2-4,7,14-15H,1,13H2,(H,16,17)/t7-/m0/s1. The SMILES string of the molecule is N[C@@H](Cc1c[nH]c2cc(Cl)cc(O)c12)C(=O)O. The van der Waals surface area contributed by atoms with Crippen LogP contribution in [0.25, 0.3) is 10.9 Å². The van der Waals surface area contributed by atoms with Gasteiger partial charge in [0, 0.05) is 23.0 Å². The smallest absolute Gasteiger partial charge is 0.320 e. The van der Waals surface area contributed by atoms with Crippen molar-refractivity contribution in [2.45, 2.75) is 12.5 Å². The highest BCUT2D eigenvalue weighted by Crippen LogP contribution is 2.31. The Balaban J connectivity index is 2.46. The molecule has 1 heterocycles. The molecule has 0 bridgehead atoms. The first-order valence-corrected chi connectivity index (χ1v) is 5.33. The van der Waals surface area contributed by atoms with E-state index < -0.39 is 12.0 Å². The molecule has 2 rings (SSSR count). The van der Waals surface area contributed by atoms with E-state index >= 15 is 0 Å². The van der Waals surface area contributed by atoms with Gasteiger partial charge < -0.3 is 20.9 Å². The van der Waals surface area contributed by atoms with Crippen LogP contribution in [-0.4, -0.2) is 27.2 Å². The third kappa shape index (κ3) is 2.20. The Labute approximate surface area is 102 Å². The second kappa shape index (κ2) is 4.27. The van der Waals surface area contributed by atoms with E-state index in [2.05, 4.69) is 4.98 Å². The number of carboxylic acids is 1. The Morgan fingerprint density at radius 3 is 2.88 bits per heavy atom. The summed E-state index contributed by atoms with van der Waals surface area (Å²) in [6, 6.07) is 2.07. The number of aromatic nitrogens is 1. The Hall–Kier alpha value is -1.72. The molecule has 0 saturated heterocycles. The number of H-pyrrole nitrogens is 1. The highest BCUT2D eigenvalue weighted by Gasteiger charge is 2.16. The van der Waals surface area contributed by atoms with Gasteiger partial charge in [0.25, 0.3) is 0 Å². The maximum absolute atomic E-state index is 10.7. The fourth-order valence-corrected chi connectivity index (χ4v) is 1.98. The number of phenols is 1. The molecule has 6 heteroatoms. The van der Waals surface area contributed by atoms with Crippen molar-refractivity contribution in [3.05, 3.63) is 28.9 Å². The molecule has 2 aromatic rings. The van der Waals surface area contributed by atoms with Crippen LogP contribution in [0.1, 0.15) is 5.56 Å². The molecule has 90 valence electrons. The van der Waals surface area contributed by atoms with E-state index in [1.165, 1.54) is 6.07 Å². The lowest BCUT2D eigenvalue weighted by molar-refractivity contribution is -0.138. The van der Waals surface area contributed by atoms with Crippen molar-refractivity contribution < 1.29 is 15.0 Å². The third-order valence-corrected chi connectivity index (χ3v) is 2.78. The zero-order chi connectivity index (χ0) is 12.6. The molecule has 0 radical (unpaired) electrons. The van der Waals surface area contributed by atoms with Crippen LogP contribution in [0.3, 0.4) is 0 Å². The number of carboxylic acid groups (broad SMARTS) is 1. The van der Waals surface area contributed by atoms with Crippen LogP contribution in [0.15, 0.2) is 18.3 Å². The van der Waals surface area contributed by atoms with Crippen LogP contribution in [-0.2, 0) is 11.2 Å². The molecular formula is C11H11ClN2O3. The van der Waals surface area contributed by atoms with E-state index in [0.29, 0.717) is 21.5 Å². The number of carbonyl (C=O) groups is 1. The van der Waals surface area contributed by atoms with Gasteiger partial charge in [0.15, 0.2) is 0 Å². The average Bonchev–Trinajstić information content (AvgIpc) is 2.60. The number of rotatable bonds is 3. The van der Waals surface area contributed by atoms with Crippen LogP contribution >= 0.6 is 11.6 Å². The monoisotopic (exact) mass is 254 g/mol. The molecule has 0 spiro atoms. The fraction of sp³-hybridized carbons (Fsp3) is 0.182. The Morgan fingerprint density at radius 1 is 1.53 bits per heavy atom. The van der Waals surface area contributed by atoms with Crippen LogP contribution in [0.5, 0.6) is 5.75 Å². The molecule has 1 aromatic heterocycles. The van der Waals surface area contributed by atoms with Gasteiger partial charge in [0.2, 0.25) is 0 Å². The summed E-state index contributed by atoms with van der Waals surface area (Å²) in [5.41, 5.74) is 6.77. The molecule has 0 aliphatic rings. The highest BCUT2D eigenvalue weighted by molar-refractivity contribution is 6.31. The molecule has 0 amide bonds. The van der Waals surface area contributed by atoms with Gasteiger partial charge in [0.05, 0.1) is 5.52 Å². The summed E-state index contributed by atoms with van der Waals surface area (Å²) in [5, 5.41) is 19.5. The van der Waals surface area contributed by atoms with Gasteiger partial charge in [0.1, 0.15) is 11.8 Å². The van der Waals surface area contributed by atoms with Crippen molar-refractivity contribution in [2.75, 3.05) is 0 Å². The topological polar surface area (TPSA) is 99.3 Å². The predicted octanol–water partition coefficient (Wildman–Crippen LogP) is 1.48. The van der Waals surface area contributed by atoms with E-state index in [0.717, 1.165) is 0 Å². The quantitative estimate of drug-likeness (QED) is 0.667. The summed E-state index contributed by atoms with van der Waals surface area (Å²) in [5.74, 6) is -1.06. The average molecular weight is 255 g/mol.